The third kappa shape index (κ3) is 1.98. The molecule has 1 aromatic heterocycles. The number of imidazole rings is 1. The van der Waals surface area contributed by atoms with E-state index in [0.717, 1.165) is 36.2 Å². The Morgan fingerprint density at radius 1 is 1.45 bits per heavy atom. The summed E-state index contributed by atoms with van der Waals surface area (Å²) >= 11 is 0. The summed E-state index contributed by atoms with van der Waals surface area (Å²) in [6.45, 7) is 2.51. The van der Waals surface area contributed by atoms with Gasteiger partial charge in [0.2, 0.25) is 5.91 Å². The molecule has 2 aromatic rings. The van der Waals surface area contributed by atoms with E-state index < -0.39 is 6.04 Å². The van der Waals surface area contributed by atoms with Gasteiger partial charge in [-0.15, -0.1) is 0 Å². The van der Waals surface area contributed by atoms with Crippen LogP contribution in [0, 0.1) is 0 Å². The Balaban J connectivity index is 2.01. The molecule has 1 aromatic carbocycles. The number of fused-ring (bicyclic) bond motifs is 1. The maximum Gasteiger partial charge on any atom is 0.239 e. The Morgan fingerprint density at radius 3 is 2.90 bits per heavy atom. The molecule has 20 heavy (non-hydrogen) atoms. The van der Waals surface area contributed by atoms with Crippen LogP contribution in [0.1, 0.15) is 31.6 Å². The van der Waals surface area contributed by atoms with Gasteiger partial charge in [0.25, 0.3) is 0 Å². The predicted octanol–water partition coefficient (Wildman–Crippen LogP) is 1.58. The number of rotatable bonds is 2. The molecule has 1 aliphatic rings. The lowest BCUT2D eigenvalue weighted by molar-refractivity contribution is -0.133. The number of hydrogen-bond donors (Lipinski definition) is 1. The quantitative estimate of drug-likeness (QED) is 0.903. The van der Waals surface area contributed by atoms with Crippen molar-refractivity contribution in [3.8, 4) is 0 Å². The Morgan fingerprint density at radius 2 is 2.20 bits per heavy atom. The first-order valence-corrected chi connectivity index (χ1v) is 7.07. The lowest BCUT2D eigenvalue weighted by atomic mass is 10.2. The lowest BCUT2D eigenvalue weighted by Crippen LogP contribution is -2.42. The molecule has 0 spiro atoms. The maximum absolute atomic E-state index is 12.2. The minimum absolute atomic E-state index is 0.0135. The molecule has 0 bridgehead atoms. The van der Waals surface area contributed by atoms with E-state index in [1.165, 1.54) is 0 Å². The van der Waals surface area contributed by atoms with Crippen molar-refractivity contribution in [1.82, 2.24) is 14.5 Å². The number of amides is 1. The van der Waals surface area contributed by atoms with E-state index in [4.69, 9.17) is 10.7 Å². The number of carbonyl (C=O) groups is 1. The number of carbonyl (C=O) groups excluding carboxylic acids is 1. The van der Waals surface area contributed by atoms with Gasteiger partial charge in [0.1, 0.15) is 5.82 Å². The van der Waals surface area contributed by atoms with Gasteiger partial charge in [-0.05, 0) is 31.9 Å². The first-order valence-electron chi connectivity index (χ1n) is 7.07. The fraction of sp³-hybridized carbons (Fsp3) is 0.467. The number of nitrogens with zero attached hydrogens (tertiary/aromatic N) is 3. The molecule has 1 unspecified atom stereocenters. The normalized spacial score (nSPS) is 20.6. The van der Waals surface area contributed by atoms with Gasteiger partial charge in [0.05, 0.1) is 23.1 Å². The number of likely N-dealkylation sites (tertiary alicyclic amines) is 1. The Kier molecular flexibility index (Phi) is 3.22. The summed E-state index contributed by atoms with van der Waals surface area (Å²) in [5.41, 5.74) is 7.83. The molecule has 0 radical (unpaired) electrons. The molecular formula is C15H20N4O. The van der Waals surface area contributed by atoms with Gasteiger partial charge in [0, 0.05) is 13.6 Å². The zero-order chi connectivity index (χ0) is 14.3. The molecule has 2 atom stereocenters. The van der Waals surface area contributed by atoms with Crippen LogP contribution >= 0.6 is 0 Å². The van der Waals surface area contributed by atoms with Gasteiger partial charge in [0.15, 0.2) is 0 Å². The molecule has 1 aliphatic heterocycles. The first kappa shape index (κ1) is 13.1. The molecule has 1 fully saturated rings. The molecule has 1 saturated heterocycles. The van der Waals surface area contributed by atoms with Gasteiger partial charge in [-0.2, -0.15) is 0 Å². The molecule has 106 valence electrons. The van der Waals surface area contributed by atoms with Crippen molar-refractivity contribution in [2.24, 2.45) is 12.8 Å². The zero-order valence-electron chi connectivity index (χ0n) is 11.9. The van der Waals surface area contributed by atoms with Crippen molar-refractivity contribution in [3.05, 3.63) is 30.1 Å². The standard InChI is InChI=1S/C15H20N4O/c1-10(16)15(20)19-9-5-8-13(19)14-17-11-6-3-4-7-12(11)18(14)2/h3-4,6-7,10,13H,5,8-9,16H2,1-2H3/t10-,13?/m1/s1. The Bertz CT molecular complexity index is 646. The van der Waals surface area contributed by atoms with Crippen molar-refractivity contribution >= 4 is 16.9 Å². The van der Waals surface area contributed by atoms with Crippen LogP contribution in [-0.4, -0.2) is 32.9 Å². The van der Waals surface area contributed by atoms with Crippen molar-refractivity contribution in [2.75, 3.05) is 6.54 Å². The number of hydrogen-bond acceptors (Lipinski definition) is 3. The molecule has 0 aliphatic carbocycles. The van der Waals surface area contributed by atoms with Crippen LogP contribution in [0.3, 0.4) is 0 Å². The van der Waals surface area contributed by atoms with Crippen LogP contribution in [0.4, 0.5) is 0 Å². The maximum atomic E-state index is 12.2. The number of nitrogens with two attached hydrogens (primary N) is 1. The second kappa shape index (κ2) is 4.90. The average Bonchev–Trinajstić information content (AvgIpc) is 3.03. The van der Waals surface area contributed by atoms with Crippen LogP contribution in [0.5, 0.6) is 0 Å². The summed E-state index contributed by atoms with van der Waals surface area (Å²) in [5.74, 6) is 0.970. The molecule has 3 rings (SSSR count). The minimum atomic E-state index is -0.453. The minimum Gasteiger partial charge on any atom is -0.331 e. The van der Waals surface area contributed by atoms with Gasteiger partial charge in [-0.3, -0.25) is 4.79 Å². The van der Waals surface area contributed by atoms with Crippen molar-refractivity contribution in [3.63, 3.8) is 0 Å². The molecule has 1 amide bonds. The third-order valence-electron chi connectivity index (χ3n) is 4.05. The highest BCUT2D eigenvalue weighted by atomic mass is 16.2. The van der Waals surface area contributed by atoms with Crippen molar-refractivity contribution in [1.29, 1.82) is 0 Å². The van der Waals surface area contributed by atoms with E-state index in [1.54, 1.807) is 6.92 Å². The van der Waals surface area contributed by atoms with Crippen LogP contribution < -0.4 is 5.73 Å². The summed E-state index contributed by atoms with van der Waals surface area (Å²) in [7, 11) is 2.01. The smallest absolute Gasteiger partial charge is 0.239 e. The summed E-state index contributed by atoms with van der Waals surface area (Å²) in [6, 6.07) is 7.65. The summed E-state index contributed by atoms with van der Waals surface area (Å²) in [6.07, 6.45) is 1.96. The van der Waals surface area contributed by atoms with E-state index in [9.17, 15) is 4.79 Å². The number of para-hydroxylation sites is 2. The topological polar surface area (TPSA) is 64.2 Å². The van der Waals surface area contributed by atoms with Gasteiger partial charge in [-0.25, -0.2) is 4.98 Å². The van der Waals surface area contributed by atoms with Gasteiger partial charge >= 0.3 is 0 Å². The van der Waals surface area contributed by atoms with Gasteiger partial charge in [-0.1, -0.05) is 12.1 Å². The number of benzene rings is 1. The van der Waals surface area contributed by atoms with Crippen molar-refractivity contribution in [2.45, 2.75) is 31.8 Å². The van der Waals surface area contributed by atoms with E-state index in [2.05, 4.69) is 10.6 Å². The average molecular weight is 272 g/mol. The molecule has 2 heterocycles. The van der Waals surface area contributed by atoms with Crippen LogP contribution in [0.25, 0.3) is 11.0 Å². The van der Waals surface area contributed by atoms with Crippen LogP contribution in [0.2, 0.25) is 0 Å². The Labute approximate surface area is 118 Å². The third-order valence-corrected chi connectivity index (χ3v) is 4.05. The molecule has 0 saturated carbocycles. The van der Waals surface area contributed by atoms with Crippen LogP contribution in [0.15, 0.2) is 24.3 Å². The highest BCUT2D eigenvalue weighted by Gasteiger charge is 2.34. The molecular weight excluding hydrogens is 252 g/mol. The fourth-order valence-corrected chi connectivity index (χ4v) is 3.02. The van der Waals surface area contributed by atoms with Crippen molar-refractivity contribution < 1.29 is 4.79 Å². The SMILES string of the molecule is C[C@@H](N)C(=O)N1CCCC1c1nc2ccccc2n1C. The largest absolute Gasteiger partial charge is 0.331 e. The van der Waals surface area contributed by atoms with E-state index in [1.807, 2.05) is 30.1 Å². The first-order chi connectivity index (χ1) is 9.59. The summed E-state index contributed by atoms with van der Waals surface area (Å²) < 4.78 is 2.09. The monoisotopic (exact) mass is 272 g/mol. The second-order valence-electron chi connectivity index (χ2n) is 5.50. The van der Waals surface area contributed by atoms with E-state index >= 15 is 0 Å². The predicted molar refractivity (Wildman–Crippen MR) is 78.1 cm³/mol. The zero-order valence-corrected chi connectivity index (χ0v) is 11.9. The fourth-order valence-electron chi connectivity index (χ4n) is 3.02. The lowest BCUT2D eigenvalue weighted by Gasteiger charge is -2.25. The number of aryl methyl sites for hydroxylation is 1. The summed E-state index contributed by atoms with van der Waals surface area (Å²) in [5, 5.41) is 0. The summed E-state index contributed by atoms with van der Waals surface area (Å²) in [4.78, 5) is 18.8. The van der Waals surface area contributed by atoms with E-state index in [0.29, 0.717) is 0 Å². The molecule has 5 nitrogen and oxygen atoms in total. The highest BCUT2D eigenvalue weighted by Crippen LogP contribution is 2.33. The van der Waals surface area contributed by atoms with Gasteiger partial charge < -0.3 is 15.2 Å². The van der Waals surface area contributed by atoms with Crippen LogP contribution in [-0.2, 0) is 11.8 Å². The van der Waals surface area contributed by atoms with E-state index in [-0.39, 0.29) is 11.9 Å². The molecule has 5 heteroatoms. The number of aromatic nitrogens is 2. The Hall–Kier alpha value is -1.88. The molecule has 2 N–H and O–H groups in total. The second-order valence-corrected chi connectivity index (χ2v) is 5.50. The highest BCUT2D eigenvalue weighted by molar-refractivity contribution is 5.82.